The van der Waals surface area contributed by atoms with Gasteiger partial charge in [0.05, 0.1) is 6.54 Å². The molecule has 1 heterocycles. The van der Waals surface area contributed by atoms with Crippen LogP contribution < -0.4 is 0 Å². The van der Waals surface area contributed by atoms with Crippen LogP contribution in [0.15, 0.2) is 17.6 Å². The van der Waals surface area contributed by atoms with E-state index in [4.69, 9.17) is 4.74 Å². The van der Waals surface area contributed by atoms with Gasteiger partial charge in [-0.15, -0.1) is 0 Å². The molecule has 11 heavy (non-hydrogen) atoms. The molecule has 0 aromatic rings. The van der Waals surface area contributed by atoms with Crippen LogP contribution in [-0.2, 0) is 4.74 Å². The zero-order valence-corrected chi connectivity index (χ0v) is 7.05. The fourth-order valence-corrected chi connectivity index (χ4v) is 1.13. The molecular weight excluding hydrogens is 138 g/mol. The molecule has 2 nitrogen and oxygen atoms in total. The van der Waals surface area contributed by atoms with Crippen LogP contribution in [0.3, 0.4) is 0 Å². The first-order chi connectivity index (χ1) is 5.36. The van der Waals surface area contributed by atoms with E-state index in [0.717, 1.165) is 13.0 Å². The Hall–Kier alpha value is -0.790. The smallest absolute Gasteiger partial charge is 0.208 e. The van der Waals surface area contributed by atoms with E-state index in [0.29, 0.717) is 12.0 Å². The molecule has 1 atom stereocenters. The van der Waals surface area contributed by atoms with Crippen molar-refractivity contribution in [3.05, 3.63) is 12.7 Å². The number of aliphatic imine (C=N–C) groups is 1. The van der Waals surface area contributed by atoms with Crippen molar-refractivity contribution in [2.45, 2.75) is 32.3 Å². The Morgan fingerprint density at radius 3 is 3.18 bits per heavy atom. The van der Waals surface area contributed by atoms with Crippen molar-refractivity contribution < 1.29 is 4.74 Å². The number of rotatable bonds is 4. The zero-order valence-electron chi connectivity index (χ0n) is 7.05. The fourth-order valence-electron chi connectivity index (χ4n) is 1.13. The Kier molecular flexibility index (Phi) is 3.14. The molecule has 1 aliphatic rings. The summed E-state index contributed by atoms with van der Waals surface area (Å²) in [6, 6.07) is 0. The summed E-state index contributed by atoms with van der Waals surface area (Å²) in [6.45, 7) is 6.61. The van der Waals surface area contributed by atoms with E-state index < -0.39 is 0 Å². The van der Waals surface area contributed by atoms with E-state index >= 15 is 0 Å². The fraction of sp³-hybridized carbons (Fsp3) is 0.667. The van der Waals surface area contributed by atoms with Crippen molar-refractivity contribution in [2.75, 3.05) is 6.54 Å². The molecule has 1 rings (SSSR count). The van der Waals surface area contributed by atoms with Gasteiger partial charge in [0.25, 0.3) is 0 Å². The van der Waals surface area contributed by atoms with E-state index in [1.165, 1.54) is 12.8 Å². The molecule has 0 aromatic carbocycles. The van der Waals surface area contributed by atoms with Crippen LogP contribution in [0, 0.1) is 0 Å². The lowest BCUT2D eigenvalue weighted by molar-refractivity contribution is 0.211. The Balaban J connectivity index is 2.19. The van der Waals surface area contributed by atoms with Crippen LogP contribution in [0.1, 0.15) is 26.2 Å². The Bertz CT molecular complexity index is 163. The molecule has 2 heteroatoms. The molecular formula is C9H15NO. The summed E-state index contributed by atoms with van der Waals surface area (Å²) in [7, 11) is 0. The van der Waals surface area contributed by atoms with Crippen LogP contribution >= 0.6 is 0 Å². The van der Waals surface area contributed by atoms with Crippen LogP contribution in [0.25, 0.3) is 0 Å². The van der Waals surface area contributed by atoms with Crippen molar-refractivity contribution >= 4 is 5.90 Å². The summed E-state index contributed by atoms with van der Waals surface area (Å²) in [5.74, 6) is 0.714. The second-order valence-electron chi connectivity index (χ2n) is 2.77. The lowest BCUT2D eigenvalue weighted by Crippen LogP contribution is -2.11. The Morgan fingerprint density at radius 1 is 1.82 bits per heavy atom. The van der Waals surface area contributed by atoms with E-state index in [2.05, 4.69) is 18.5 Å². The molecule has 0 saturated heterocycles. The third-order valence-electron chi connectivity index (χ3n) is 1.79. The molecule has 0 aromatic heterocycles. The van der Waals surface area contributed by atoms with Gasteiger partial charge in [-0.25, -0.2) is 4.99 Å². The number of hydrogen-bond donors (Lipinski definition) is 0. The normalized spacial score (nSPS) is 22.6. The van der Waals surface area contributed by atoms with E-state index in [-0.39, 0.29) is 0 Å². The van der Waals surface area contributed by atoms with Gasteiger partial charge in [-0.2, -0.15) is 0 Å². The zero-order chi connectivity index (χ0) is 8.10. The third kappa shape index (κ3) is 2.37. The average Bonchev–Trinajstić information content (AvgIpc) is 2.48. The quantitative estimate of drug-likeness (QED) is 0.606. The second-order valence-corrected chi connectivity index (χ2v) is 2.77. The summed E-state index contributed by atoms with van der Waals surface area (Å²) in [6.07, 6.45) is 5.57. The van der Waals surface area contributed by atoms with Crippen molar-refractivity contribution in [2.24, 2.45) is 4.99 Å². The number of unbranched alkanes of at least 4 members (excludes halogenated alkanes) is 1. The maximum Gasteiger partial charge on any atom is 0.208 e. The van der Waals surface area contributed by atoms with Crippen molar-refractivity contribution in [1.29, 1.82) is 0 Å². The van der Waals surface area contributed by atoms with E-state index in [9.17, 15) is 0 Å². The molecule has 0 saturated carbocycles. The predicted octanol–water partition coefficient (Wildman–Crippen LogP) is 2.16. The molecule has 0 fully saturated rings. The van der Waals surface area contributed by atoms with Gasteiger partial charge in [-0.1, -0.05) is 19.9 Å². The lowest BCUT2D eigenvalue weighted by atomic mass is 10.2. The van der Waals surface area contributed by atoms with Gasteiger partial charge in [0.1, 0.15) is 6.10 Å². The van der Waals surface area contributed by atoms with Gasteiger partial charge < -0.3 is 4.74 Å². The Labute approximate surface area is 68.0 Å². The molecule has 1 aliphatic heterocycles. The highest BCUT2D eigenvalue weighted by atomic mass is 16.5. The van der Waals surface area contributed by atoms with Gasteiger partial charge in [0.2, 0.25) is 5.90 Å². The maximum atomic E-state index is 5.44. The van der Waals surface area contributed by atoms with E-state index in [1.807, 2.05) is 0 Å². The van der Waals surface area contributed by atoms with Crippen molar-refractivity contribution in [3.63, 3.8) is 0 Å². The van der Waals surface area contributed by atoms with Crippen molar-refractivity contribution in [1.82, 2.24) is 0 Å². The van der Waals surface area contributed by atoms with Crippen LogP contribution in [-0.4, -0.2) is 18.5 Å². The summed E-state index contributed by atoms with van der Waals surface area (Å²) >= 11 is 0. The topological polar surface area (TPSA) is 21.6 Å². The highest BCUT2D eigenvalue weighted by Gasteiger charge is 2.16. The molecule has 0 N–H and O–H groups in total. The van der Waals surface area contributed by atoms with Gasteiger partial charge in [-0.05, 0) is 18.9 Å². The second kappa shape index (κ2) is 4.16. The summed E-state index contributed by atoms with van der Waals surface area (Å²) < 4.78 is 5.44. The molecule has 62 valence electrons. The lowest BCUT2D eigenvalue weighted by Gasteiger charge is -2.07. The van der Waals surface area contributed by atoms with Crippen LogP contribution in [0.4, 0.5) is 0 Å². The number of ether oxygens (including phenoxy) is 1. The van der Waals surface area contributed by atoms with Gasteiger partial charge in [0, 0.05) is 0 Å². The maximum absolute atomic E-state index is 5.44. The number of nitrogens with zero attached hydrogens (tertiary/aromatic N) is 1. The summed E-state index contributed by atoms with van der Waals surface area (Å²) in [5.41, 5.74) is 0. The third-order valence-corrected chi connectivity index (χ3v) is 1.79. The molecule has 0 aliphatic carbocycles. The Morgan fingerprint density at radius 2 is 2.64 bits per heavy atom. The molecule has 1 unspecified atom stereocenters. The first kappa shape index (κ1) is 8.31. The SMILES string of the molecule is C=CC1=NCC(CCCC)O1. The minimum atomic E-state index is 0.322. The standard InChI is InChI=1S/C9H15NO/c1-3-5-6-8-7-10-9(4-2)11-8/h4,8H,2-3,5-7H2,1H3. The van der Waals surface area contributed by atoms with E-state index in [1.54, 1.807) is 6.08 Å². The minimum absolute atomic E-state index is 0.322. The monoisotopic (exact) mass is 153 g/mol. The highest BCUT2D eigenvalue weighted by molar-refractivity contribution is 5.88. The number of hydrogen-bond acceptors (Lipinski definition) is 2. The van der Waals surface area contributed by atoms with Crippen LogP contribution in [0.5, 0.6) is 0 Å². The predicted molar refractivity (Wildman–Crippen MR) is 46.9 cm³/mol. The minimum Gasteiger partial charge on any atom is -0.473 e. The molecule has 0 spiro atoms. The van der Waals surface area contributed by atoms with Crippen molar-refractivity contribution in [3.8, 4) is 0 Å². The average molecular weight is 153 g/mol. The van der Waals surface area contributed by atoms with Gasteiger partial charge >= 0.3 is 0 Å². The van der Waals surface area contributed by atoms with Gasteiger partial charge in [-0.3, -0.25) is 0 Å². The largest absolute Gasteiger partial charge is 0.473 e. The first-order valence-electron chi connectivity index (χ1n) is 4.20. The molecule has 0 radical (unpaired) electrons. The summed E-state index contributed by atoms with van der Waals surface area (Å²) in [4.78, 5) is 4.16. The summed E-state index contributed by atoms with van der Waals surface area (Å²) in [5, 5.41) is 0. The molecule has 0 amide bonds. The highest BCUT2D eigenvalue weighted by Crippen LogP contribution is 2.11. The molecule has 0 bridgehead atoms. The van der Waals surface area contributed by atoms with Crippen LogP contribution in [0.2, 0.25) is 0 Å². The first-order valence-corrected chi connectivity index (χ1v) is 4.20. The van der Waals surface area contributed by atoms with Gasteiger partial charge in [0.15, 0.2) is 0 Å².